The highest BCUT2D eigenvalue weighted by Gasteiger charge is 2.02. The van der Waals surface area contributed by atoms with Gasteiger partial charge in [-0.25, -0.2) is 4.79 Å². The highest BCUT2D eigenvalue weighted by atomic mass is 79.9. The summed E-state index contributed by atoms with van der Waals surface area (Å²) in [6, 6.07) is 6.52. The second-order valence-electron chi connectivity index (χ2n) is 3.70. The Labute approximate surface area is 114 Å². The third-order valence-electron chi connectivity index (χ3n) is 2.21. The standard InChI is InChI=1S/C12H15BrN2O3/c13-8-2-1-3-11(16)14-9-4-6-10(7-5-9)15-12(17)18/h4-7,15H,1-3,8H2,(H,14,16)(H,17,18). The van der Waals surface area contributed by atoms with Crippen LogP contribution in [0.3, 0.4) is 0 Å². The first-order chi connectivity index (χ1) is 8.61. The normalized spacial score (nSPS) is 9.83. The van der Waals surface area contributed by atoms with E-state index in [1.165, 1.54) is 0 Å². The molecule has 98 valence electrons. The van der Waals surface area contributed by atoms with Gasteiger partial charge in [-0.05, 0) is 37.1 Å². The lowest BCUT2D eigenvalue weighted by Crippen LogP contribution is -2.11. The van der Waals surface area contributed by atoms with Crippen LogP contribution in [0.1, 0.15) is 19.3 Å². The Balaban J connectivity index is 2.43. The van der Waals surface area contributed by atoms with Crippen molar-refractivity contribution < 1.29 is 14.7 Å². The molecule has 1 rings (SSSR count). The lowest BCUT2D eigenvalue weighted by Gasteiger charge is -2.06. The molecule has 0 saturated carbocycles. The van der Waals surface area contributed by atoms with Gasteiger partial charge < -0.3 is 10.4 Å². The van der Waals surface area contributed by atoms with Gasteiger partial charge in [0.1, 0.15) is 0 Å². The quantitative estimate of drug-likeness (QED) is 0.557. The zero-order chi connectivity index (χ0) is 13.4. The van der Waals surface area contributed by atoms with E-state index >= 15 is 0 Å². The number of nitrogens with one attached hydrogen (secondary N) is 2. The molecule has 0 fully saturated rings. The first-order valence-electron chi connectivity index (χ1n) is 5.57. The van der Waals surface area contributed by atoms with Crippen LogP contribution in [0.25, 0.3) is 0 Å². The van der Waals surface area contributed by atoms with Gasteiger partial charge in [-0.15, -0.1) is 0 Å². The van der Waals surface area contributed by atoms with Crippen molar-refractivity contribution in [2.24, 2.45) is 0 Å². The van der Waals surface area contributed by atoms with Gasteiger partial charge in [-0.2, -0.15) is 0 Å². The van der Waals surface area contributed by atoms with Gasteiger partial charge in [-0.3, -0.25) is 10.1 Å². The molecule has 2 amide bonds. The van der Waals surface area contributed by atoms with Gasteiger partial charge in [0.25, 0.3) is 0 Å². The van der Waals surface area contributed by atoms with Crippen LogP contribution in [0.5, 0.6) is 0 Å². The highest BCUT2D eigenvalue weighted by Crippen LogP contribution is 2.14. The van der Waals surface area contributed by atoms with Gasteiger partial charge >= 0.3 is 6.09 Å². The molecule has 5 nitrogen and oxygen atoms in total. The number of alkyl halides is 1. The maximum absolute atomic E-state index is 11.5. The molecule has 1 aromatic rings. The summed E-state index contributed by atoms with van der Waals surface area (Å²) in [7, 11) is 0. The highest BCUT2D eigenvalue weighted by molar-refractivity contribution is 9.09. The van der Waals surface area contributed by atoms with Gasteiger partial charge in [0.05, 0.1) is 0 Å². The predicted molar refractivity (Wildman–Crippen MR) is 74.4 cm³/mol. The van der Waals surface area contributed by atoms with E-state index in [1.54, 1.807) is 24.3 Å². The summed E-state index contributed by atoms with van der Waals surface area (Å²) >= 11 is 3.31. The maximum Gasteiger partial charge on any atom is 0.409 e. The van der Waals surface area contributed by atoms with Crippen molar-refractivity contribution in [1.29, 1.82) is 0 Å². The van der Waals surface area contributed by atoms with E-state index in [9.17, 15) is 9.59 Å². The van der Waals surface area contributed by atoms with E-state index in [-0.39, 0.29) is 5.91 Å². The monoisotopic (exact) mass is 314 g/mol. The molecule has 0 aliphatic carbocycles. The second-order valence-corrected chi connectivity index (χ2v) is 4.49. The van der Waals surface area contributed by atoms with Gasteiger partial charge in [0, 0.05) is 23.1 Å². The van der Waals surface area contributed by atoms with Crippen LogP contribution >= 0.6 is 15.9 Å². The van der Waals surface area contributed by atoms with E-state index in [0.717, 1.165) is 18.2 Å². The van der Waals surface area contributed by atoms with Gasteiger partial charge in [0.15, 0.2) is 0 Å². The molecule has 1 aromatic carbocycles. The molecule has 0 unspecified atom stereocenters. The van der Waals surface area contributed by atoms with E-state index in [4.69, 9.17) is 5.11 Å². The zero-order valence-corrected chi connectivity index (χ0v) is 11.4. The Kier molecular flexibility index (Phi) is 6.21. The van der Waals surface area contributed by atoms with E-state index in [1.807, 2.05) is 0 Å². The van der Waals surface area contributed by atoms with Crippen molar-refractivity contribution in [3.05, 3.63) is 24.3 Å². The first kappa shape index (κ1) is 14.5. The van der Waals surface area contributed by atoms with Crippen LogP contribution in [0.2, 0.25) is 0 Å². The summed E-state index contributed by atoms with van der Waals surface area (Å²) in [6.45, 7) is 0. The average Bonchev–Trinajstić information content (AvgIpc) is 2.31. The van der Waals surface area contributed by atoms with Crippen LogP contribution in [0.15, 0.2) is 24.3 Å². The van der Waals surface area contributed by atoms with Crippen molar-refractivity contribution >= 4 is 39.3 Å². The third-order valence-corrected chi connectivity index (χ3v) is 2.77. The fraction of sp³-hybridized carbons (Fsp3) is 0.333. The number of amides is 2. The summed E-state index contributed by atoms with van der Waals surface area (Å²) in [6.07, 6.45) is 1.19. The Hall–Kier alpha value is -1.56. The minimum absolute atomic E-state index is 0.0325. The molecule has 0 spiro atoms. The third kappa shape index (κ3) is 5.67. The van der Waals surface area contributed by atoms with Crippen molar-refractivity contribution in [2.45, 2.75) is 19.3 Å². The van der Waals surface area contributed by atoms with Gasteiger partial charge in [0.2, 0.25) is 5.91 Å². The topological polar surface area (TPSA) is 78.4 Å². The fourth-order valence-electron chi connectivity index (χ4n) is 1.36. The smallest absolute Gasteiger partial charge is 0.409 e. The number of rotatable bonds is 6. The minimum Gasteiger partial charge on any atom is -0.465 e. The number of anilines is 2. The molecule has 0 bridgehead atoms. The molecule has 0 aliphatic heterocycles. The lowest BCUT2D eigenvalue weighted by atomic mass is 10.2. The number of carbonyl (C=O) groups excluding carboxylic acids is 1. The van der Waals surface area contributed by atoms with Crippen LogP contribution in [-0.2, 0) is 4.79 Å². The number of halogens is 1. The van der Waals surface area contributed by atoms with Crippen LogP contribution in [0, 0.1) is 0 Å². The summed E-state index contributed by atoms with van der Waals surface area (Å²) in [5.74, 6) is -0.0325. The SMILES string of the molecule is O=C(O)Nc1ccc(NC(=O)CCCCBr)cc1. The Morgan fingerprint density at radius 2 is 1.61 bits per heavy atom. The molecule has 0 aromatic heterocycles. The molecule has 0 radical (unpaired) electrons. The predicted octanol–water partition coefficient (Wildman–Crippen LogP) is 3.28. The van der Waals surface area contributed by atoms with Gasteiger partial charge in [-0.1, -0.05) is 15.9 Å². The Morgan fingerprint density at radius 1 is 1.06 bits per heavy atom. The van der Waals surface area contributed by atoms with E-state index in [2.05, 4.69) is 26.6 Å². The summed E-state index contributed by atoms with van der Waals surface area (Å²) in [4.78, 5) is 21.9. The van der Waals surface area contributed by atoms with Crippen LogP contribution in [0.4, 0.5) is 16.2 Å². The minimum atomic E-state index is -1.11. The van der Waals surface area contributed by atoms with E-state index in [0.29, 0.717) is 17.8 Å². The number of hydrogen-bond acceptors (Lipinski definition) is 2. The molecule has 18 heavy (non-hydrogen) atoms. The summed E-state index contributed by atoms with van der Waals surface area (Å²) in [5.41, 5.74) is 1.13. The molecule has 6 heteroatoms. The molecule has 0 aliphatic rings. The van der Waals surface area contributed by atoms with Crippen molar-refractivity contribution in [2.75, 3.05) is 16.0 Å². The average molecular weight is 315 g/mol. The Morgan fingerprint density at radius 3 is 2.11 bits per heavy atom. The maximum atomic E-state index is 11.5. The molecule has 0 heterocycles. The van der Waals surface area contributed by atoms with Crippen molar-refractivity contribution in [1.82, 2.24) is 0 Å². The van der Waals surface area contributed by atoms with Crippen LogP contribution in [-0.4, -0.2) is 22.4 Å². The Bertz CT molecular complexity index is 406. The molecule has 0 saturated heterocycles. The van der Waals surface area contributed by atoms with Crippen molar-refractivity contribution in [3.63, 3.8) is 0 Å². The first-order valence-corrected chi connectivity index (χ1v) is 6.70. The zero-order valence-electron chi connectivity index (χ0n) is 9.78. The number of hydrogen-bond donors (Lipinski definition) is 3. The molecule has 0 atom stereocenters. The van der Waals surface area contributed by atoms with E-state index < -0.39 is 6.09 Å². The van der Waals surface area contributed by atoms with Crippen LogP contribution < -0.4 is 10.6 Å². The summed E-state index contributed by atoms with van der Waals surface area (Å²) in [5, 5.41) is 14.4. The number of carboxylic acid groups (broad SMARTS) is 1. The fourth-order valence-corrected chi connectivity index (χ4v) is 1.76. The number of unbranched alkanes of at least 4 members (excludes halogenated alkanes) is 1. The van der Waals surface area contributed by atoms with Crippen molar-refractivity contribution in [3.8, 4) is 0 Å². The number of benzene rings is 1. The molecule has 3 N–H and O–H groups in total. The number of carbonyl (C=O) groups is 2. The largest absolute Gasteiger partial charge is 0.465 e. The molecular weight excluding hydrogens is 300 g/mol. The lowest BCUT2D eigenvalue weighted by molar-refractivity contribution is -0.116. The summed E-state index contributed by atoms with van der Waals surface area (Å²) < 4.78 is 0. The molecular formula is C12H15BrN2O3. The second kappa shape index (κ2) is 7.71.